The van der Waals surface area contributed by atoms with Crippen LogP contribution >= 0.6 is 0 Å². The van der Waals surface area contributed by atoms with Gasteiger partial charge in [-0.15, -0.1) is 0 Å². The number of nitrogens with two attached hydrogens (primary N) is 1. The number of benzene rings is 1. The number of nitro groups is 1. The van der Waals surface area contributed by atoms with Crippen molar-refractivity contribution < 1.29 is 28.0 Å². The highest BCUT2D eigenvalue weighted by molar-refractivity contribution is 5.73. The van der Waals surface area contributed by atoms with E-state index in [1.54, 1.807) is 0 Å². The molecule has 0 saturated carbocycles. The molecule has 1 aromatic carbocycles. The molecular formula is C12H14F3N3O4. The molecule has 1 aromatic rings. The van der Waals surface area contributed by atoms with Crippen LogP contribution in [0.5, 0.6) is 0 Å². The van der Waals surface area contributed by atoms with Crippen LogP contribution in [0.4, 0.5) is 24.5 Å². The second-order valence-corrected chi connectivity index (χ2v) is 4.50. The lowest BCUT2D eigenvalue weighted by atomic mass is 10.1. The number of carboxylic acid groups (broad SMARTS) is 1. The maximum atomic E-state index is 12.5. The topological polar surface area (TPSA) is 118 Å². The first-order valence-electron chi connectivity index (χ1n) is 6.21. The van der Waals surface area contributed by atoms with E-state index in [1.807, 2.05) is 0 Å². The van der Waals surface area contributed by atoms with E-state index in [9.17, 15) is 28.1 Å². The van der Waals surface area contributed by atoms with Crippen molar-refractivity contribution in [1.82, 2.24) is 0 Å². The lowest BCUT2D eigenvalue weighted by molar-refractivity contribution is -0.384. The summed E-state index contributed by atoms with van der Waals surface area (Å²) in [6, 6.07) is 1.10. The maximum absolute atomic E-state index is 12.5. The summed E-state index contributed by atoms with van der Waals surface area (Å²) in [6.07, 6.45) is -4.24. The summed E-state index contributed by atoms with van der Waals surface area (Å²) in [4.78, 5) is 20.4. The van der Waals surface area contributed by atoms with Gasteiger partial charge < -0.3 is 16.2 Å². The highest BCUT2D eigenvalue weighted by Gasteiger charge is 2.32. The minimum Gasteiger partial charge on any atom is -0.480 e. The Hall–Kier alpha value is -2.36. The fraction of sp³-hybridized carbons (Fsp3) is 0.417. The van der Waals surface area contributed by atoms with Crippen molar-refractivity contribution in [1.29, 1.82) is 0 Å². The van der Waals surface area contributed by atoms with Crippen LogP contribution in [0.15, 0.2) is 18.2 Å². The van der Waals surface area contributed by atoms with E-state index in [0.29, 0.717) is 12.5 Å². The molecule has 0 amide bonds. The number of nitrogens with zero attached hydrogens (tertiary/aromatic N) is 1. The largest absolute Gasteiger partial charge is 0.480 e. The Morgan fingerprint density at radius 3 is 2.59 bits per heavy atom. The Morgan fingerprint density at radius 1 is 1.45 bits per heavy atom. The summed E-state index contributed by atoms with van der Waals surface area (Å²) < 4.78 is 37.6. The maximum Gasteiger partial charge on any atom is 0.416 e. The van der Waals surface area contributed by atoms with Gasteiger partial charge in [-0.2, -0.15) is 13.2 Å². The number of nitrogens with one attached hydrogen (secondary N) is 1. The number of carbonyl (C=O) groups is 1. The van der Waals surface area contributed by atoms with Gasteiger partial charge in [0.15, 0.2) is 0 Å². The van der Waals surface area contributed by atoms with E-state index in [4.69, 9.17) is 10.8 Å². The Balaban J connectivity index is 2.74. The van der Waals surface area contributed by atoms with Crippen LogP contribution in [0.2, 0.25) is 0 Å². The molecule has 0 saturated heterocycles. The molecule has 0 aliphatic rings. The molecule has 0 aliphatic heterocycles. The van der Waals surface area contributed by atoms with Crippen molar-refractivity contribution in [2.45, 2.75) is 25.1 Å². The van der Waals surface area contributed by atoms with Crippen LogP contribution in [0.3, 0.4) is 0 Å². The van der Waals surface area contributed by atoms with Gasteiger partial charge in [0.25, 0.3) is 5.69 Å². The minimum atomic E-state index is -4.67. The van der Waals surface area contributed by atoms with Crippen LogP contribution in [0, 0.1) is 10.1 Å². The Kier molecular flexibility index (Phi) is 5.69. The van der Waals surface area contributed by atoms with Gasteiger partial charge in [0.05, 0.1) is 10.5 Å². The second-order valence-electron chi connectivity index (χ2n) is 4.50. The average molecular weight is 321 g/mol. The average Bonchev–Trinajstić information content (AvgIpc) is 2.41. The zero-order chi connectivity index (χ0) is 16.9. The van der Waals surface area contributed by atoms with Crippen molar-refractivity contribution >= 4 is 17.3 Å². The molecular weight excluding hydrogens is 307 g/mol. The Bertz CT molecular complexity index is 563. The number of hydrogen-bond acceptors (Lipinski definition) is 5. The van der Waals surface area contributed by atoms with Crippen molar-refractivity contribution in [2.24, 2.45) is 5.73 Å². The molecule has 0 unspecified atom stereocenters. The van der Waals surface area contributed by atoms with Crippen LogP contribution in [-0.2, 0) is 11.0 Å². The Morgan fingerprint density at radius 2 is 2.09 bits per heavy atom. The van der Waals surface area contributed by atoms with Crippen LogP contribution < -0.4 is 11.1 Å². The van der Waals surface area contributed by atoms with E-state index in [1.165, 1.54) is 0 Å². The van der Waals surface area contributed by atoms with E-state index in [2.05, 4.69) is 5.32 Å². The number of nitro benzene ring substituents is 1. The summed E-state index contributed by atoms with van der Waals surface area (Å²) in [7, 11) is 0. The van der Waals surface area contributed by atoms with Gasteiger partial charge in [-0.05, 0) is 25.0 Å². The zero-order valence-corrected chi connectivity index (χ0v) is 11.3. The molecule has 1 atom stereocenters. The normalized spacial score (nSPS) is 12.7. The standard InChI is InChI=1S/C12H14F3N3O4/c13-12(14,15)7-3-4-9(10(6-7)18(21)22)17-5-1-2-8(16)11(19)20/h3-4,6,8,17H,1-2,5,16H2,(H,19,20)/t8-/m0/s1. The molecule has 7 nitrogen and oxygen atoms in total. The van der Waals surface area contributed by atoms with Crippen molar-refractivity contribution in [2.75, 3.05) is 11.9 Å². The van der Waals surface area contributed by atoms with Gasteiger partial charge in [0.1, 0.15) is 11.7 Å². The third-order valence-electron chi connectivity index (χ3n) is 2.85. The predicted molar refractivity (Wildman–Crippen MR) is 71.4 cm³/mol. The molecule has 122 valence electrons. The first kappa shape index (κ1) is 17.7. The molecule has 0 aromatic heterocycles. The van der Waals surface area contributed by atoms with Gasteiger partial charge in [0, 0.05) is 12.6 Å². The zero-order valence-electron chi connectivity index (χ0n) is 11.3. The SMILES string of the molecule is N[C@@H](CCCNc1ccc(C(F)(F)F)cc1[N+](=O)[O-])C(=O)O. The summed E-state index contributed by atoms with van der Waals surface area (Å²) in [5.74, 6) is -1.17. The van der Waals surface area contributed by atoms with Crippen LogP contribution in [-0.4, -0.2) is 28.6 Å². The number of anilines is 1. The number of hydrogen-bond donors (Lipinski definition) is 3. The molecule has 0 bridgehead atoms. The molecule has 0 aliphatic carbocycles. The number of rotatable bonds is 7. The van der Waals surface area contributed by atoms with Crippen LogP contribution in [0.1, 0.15) is 18.4 Å². The summed E-state index contributed by atoms with van der Waals surface area (Å²) in [6.45, 7) is 0.146. The van der Waals surface area contributed by atoms with Crippen molar-refractivity contribution in [3.05, 3.63) is 33.9 Å². The first-order chi connectivity index (χ1) is 10.1. The van der Waals surface area contributed by atoms with Gasteiger partial charge in [-0.25, -0.2) is 0 Å². The molecule has 4 N–H and O–H groups in total. The van der Waals surface area contributed by atoms with Gasteiger partial charge in [-0.1, -0.05) is 0 Å². The van der Waals surface area contributed by atoms with Gasteiger partial charge in [-0.3, -0.25) is 14.9 Å². The predicted octanol–water partition coefficient (Wildman–Crippen LogP) is 2.22. The van der Waals surface area contributed by atoms with Crippen LogP contribution in [0.25, 0.3) is 0 Å². The van der Waals surface area contributed by atoms with E-state index in [-0.39, 0.29) is 18.7 Å². The minimum absolute atomic E-state index is 0.0677. The van der Waals surface area contributed by atoms with E-state index in [0.717, 1.165) is 12.1 Å². The third kappa shape index (κ3) is 4.88. The summed E-state index contributed by atoms with van der Waals surface area (Å²) in [5.41, 5.74) is 3.40. The van der Waals surface area contributed by atoms with Gasteiger partial charge >= 0.3 is 12.1 Å². The number of halogens is 3. The highest BCUT2D eigenvalue weighted by Crippen LogP contribution is 2.34. The molecule has 22 heavy (non-hydrogen) atoms. The smallest absolute Gasteiger partial charge is 0.416 e. The number of carboxylic acids is 1. The molecule has 0 radical (unpaired) electrons. The number of alkyl halides is 3. The van der Waals surface area contributed by atoms with Crippen molar-refractivity contribution in [3.8, 4) is 0 Å². The summed E-state index contributed by atoms with van der Waals surface area (Å²) in [5, 5.41) is 22.0. The third-order valence-corrected chi connectivity index (χ3v) is 2.85. The number of aliphatic carboxylic acids is 1. The van der Waals surface area contributed by atoms with Crippen molar-refractivity contribution in [3.63, 3.8) is 0 Å². The lowest BCUT2D eigenvalue weighted by Gasteiger charge is -2.11. The molecule has 10 heteroatoms. The first-order valence-corrected chi connectivity index (χ1v) is 6.21. The fourth-order valence-corrected chi connectivity index (χ4v) is 1.68. The molecule has 0 spiro atoms. The van der Waals surface area contributed by atoms with E-state index >= 15 is 0 Å². The lowest BCUT2D eigenvalue weighted by Crippen LogP contribution is -2.30. The molecule has 0 fully saturated rings. The monoisotopic (exact) mass is 321 g/mol. The quantitative estimate of drug-likeness (QED) is 0.402. The fourth-order valence-electron chi connectivity index (χ4n) is 1.68. The highest BCUT2D eigenvalue weighted by atomic mass is 19.4. The molecule has 0 heterocycles. The second kappa shape index (κ2) is 7.07. The van der Waals surface area contributed by atoms with E-state index < -0.39 is 34.4 Å². The molecule has 1 rings (SSSR count). The summed E-state index contributed by atoms with van der Waals surface area (Å²) >= 11 is 0. The van der Waals surface area contributed by atoms with Gasteiger partial charge in [0.2, 0.25) is 0 Å². The Labute approximate surface area is 123 Å².